The van der Waals surface area contributed by atoms with Gasteiger partial charge in [-0.05, 0) is 50.4 Å². The Bertz CT molecular complexity index is 470. The maximum absolute atomic E-state index is 12.5. The van der Waals surface area contributed by atoms with Crippen molar-refractivity contribution in [2.75, 3.05) is 19.6 Å². The number of carbonyl (C=O) groups is 3. The lowest BCUT2D eigenvalue weighted by atomic mass is 9.81. The molecule has 5 nitrogen and oxygen atoms in total. The van der Waals surface area contributed by atoms with E-state index < -0.39 is 0 Å². The number of imide groups is 1. The van der Waals surface area contributed by atoms with Crippen molar-refractivity contribution in [2.45, 2.75) is 38.5 Å². The van der Waals surface area contributed by atoms with Crippen molar-refractivity contribution in [3.8, 4) is 0 Å². The molecule has 0 spiro atoms. The zero-order valence-electron chi connectivity index (χ0n) is 12.3. The molecular weight excluding hydrogens is 268 g/mol. The summed E-state index contributed by atoms with van der Waals surface area (Å²) in [5.74, 6) is 0.391. The van der Waals surface area contributed by atoms with Crippen LogP contribution < -0.4 is 0 Å². The quantitative estimate of drug-likeness (QED) is 0.714. The fourth-order valence-electron chi connectivity index (χ4n) is 5.00. The van der Waals surface area contributed by atoms with E-state index in [-0.39, 0.29) is 36.1 Å². The first kappa shape index (κ1) is 13.3. The Labute approximate surface area is 124 Å². The molecule has 2 heterocycles. The molecule has 2 bridgehead atoms. The van der Waals surface area contributed by atoms with Gasteiger partial charge in [-0.15, -0.1) is 0 Å². The highest BCUT2D eigenvalue weighted by Crippen LogP contribution is 2.56. The number of nitrogens with zero attached hydrogens (tertiary/aromatic N) is 2. The molecule has 114 valence electrons. The van der Waals surface area contributed by atoms with E-state index in [1.165, 1.54) is 11.3 Å². The minimum atomic E-state index is -0.106. The van der Waals surface area contributed by atoms with Crippen LogP contribution in [0.3, 0.4) is 0 Å². The number of hydrogen-bond acceptors (Lipinski definition) is 3. The third-order valence-electron chi connectivity index (χ3n) is 6.02. The topological polar surface area (TPSA) is 57.7 Å². The third-order valence-corrected chi connectivity index (χ3v) is 6.02. The van der Waals surface area contributed by atoms with E-state index in [0.717, 1.165) is 45.2 Å². The fraction of sp³-hybridized carbons (Fsp3) is 0.812. The zero-order chi connectivity index (χ0) is 14.6. The Balaban J connectivity index is 1.47. The van der Waals surface area contributed by atoms with Crippen molar-refractivity contribution in [1.82, 2.24) is 9.80 Å². The number of likely N-dealkylation sites (tertiary alicyclic amines) is 2. The summed E-state index contributed by atoms with van der Waals surface area (Å²) >= 11 is 0. The SMILES string of the molecule is O=C(CN1C(=O)[C@@H]2[C@@H]3CC[C@@H](C3)[C@@H]2C1=O)N1CCCCC1. The molecule has 2 aliphatic carbocycles. The highest BCUT2D eigenvalue weighted by molar-refractivity contribution is 6.08. The second kappa shape index (κ2) is 4.82. The monoisotopic (exact) mass is 290 g/mol. The highest BCUT2D eigenvalue weighted by Gasteiger charge is 2.61. The minimum absolute atomic E-state index is 0.0237. The van der Waals surface area contributed by atoms with Crippen LogP contribution in [0.2, 0.25) is 0 Å². The van der Waals surface area contributed by atoms with Gasteiger partial charge in [-0.1, -0.05) is 0 Å². The van der Waals surface area contributed by atoms with Crippen molar-refractivity contribution >= 4 is 17.7 Å². The van der Waals surface area contributed by atoms with Crippen molar-refractivity contribution in [3.05, 3.63) is 0 Å². The van der Waals surface area contributed by atoms with Gasteiger partial charge < -0.3 is 4.90 Å². The van der Waals surface area contributed by atoms with Crippen LogP contribution >= 0.6 is 0 Å². The second-order valence-corrected chi connectivity index (χ2v) is 7.09. The van der Waals surface area contributed by atoms with Crippen molar-refractivity contribution in [2.24, 2.45) is 23.7 Å². The molecule has 4 fully saturated rings. The summed E-state index contributed by atoms with van der Waals surface area (Å²) in [7, 11) is 0. The van der Waals surface area contributed by atoms with Crippen molar-refractivity contribution < 1.29 is 14.4 Å². The summed E-state index contributed by atoms with van der Waals surface area (Å²) in [6.07, 6.45) is 6.43. The van der Waals surface area contributed by atoms with Crippen LogP contribution in [0.5, 0.6) is 0 Å². The lowest BCUT2D eigenvalue weighted by Gasteiger charge is -2.28. The molecule has 4 rings (SSSR count). The average molecular weight is 290 g/mol. The van der Waals surface area contributed by atoms with Gasteiger partial charge in [0.25, 0.3) is 0 Å². The molecule has 2 saturated carbocycles. The Kier molecular flexibility index (Phi) is 3.05. The van der Waals surface area contributed by atoms with Gasteiger partial charge in [-0.3, -0.25) is 19.3 Å². The van der Waals surface area contributed by atoms with Crippen LogP contribution in [0.15, 0.2) is 0 Å². The second-order valence-electron chi connectivity index (χ2n) is 7.09. The number of amides is 3. The fourth-order valence-corrected chi connectivity index (χ4v) is 5.00. The van der Waals surface area contributed by atoms with Gasteiger partial charge in [-0.2, -0.15) is 0 Å². The van der Waals surface area contributed by atoms with Crippen LogP contribution in [0.1, 0.15) is 38.5 Å². The van der Waals surface area contributed by atoms with Gasteiger partial charge in [0.2, 0.25) is 17.7 Å². The zero-order valence-corrected chi connectivity index (χ0v) is 12.3. The first-order valence-corrected chi connectivity index (χ1v) is 8.30. The number of hydrogen-bond donors (Lipinski definition) is 0. The Morgan fingerprint density at radius 3 is 2.10 bits per heavy atom. The predicted molar refractivity (Wildman–Crippen MR) is 75.0 cm³/mol. The lowest BCUT2D eigenvalue weighted by Crippen LogP contribution is -2.45. The summed E-state index contributed by atoms with van der Waals surface area (Å²) in [5, 5.41) is 0. The average Bonchev–Trinajstić information content (AvgIpc) is 3.18. The van der Waals surface area contributed by atoms with Gasteiger partial charge in [0, 0.05) is 13.1 Å². The summed E-state index contributed by atoms with van der Waals surface area (Å²) in [6, 6.07) is 0. The van der Waals surface area contributed by atoms with Gasteiger partial charge in [-0.25, -0.2) is 0 Å². The van der Waals surface area contributed by atoms with Crippen LogP contribution in [0.25, 0.3) is 0 Å². The smallest absolute Gasteiger partial charge is 0.242 e. The highest BCUT2D eigenvalue weighted by atomic mass is 16.2. The summed E-state index contributed by atoms with van der Waals surface area (Å²) in [5.41, 5.74) is 0. The summed E-state index contributed by atoms with van der Waals surface area (Å²) in [6.45, 7) is 1.52. The van der Waals surface area contributed by atoms with Crippen molar-refractivity contribution in [3.63, 3.8) is 0 Å². The molecule has 2 saturated heterocycles. The molecule has 2 aliphatic heterocycles. The van der Waals surface area contributed by atoms with E-state index in [0.29, 0.717) is 11.8 Å². The van der Waals surface area contributed by atoms with Crippen LogP contribution in [0.4, 0.5) is 0 Å². The number of rotatable bonds is 2. The van der Waals surface area contributed by atoms with E-state index in [9.17, 15) is 14.4 Å². The first-order chi connectivity index (χ1) is 10.2. The molecule has 0 unspecified atom stereocenters. The molecule has 0 aromatic carbocycles. The summed E-state index contributed by atoms with van der Waals surface area (Å²) in [4.78, 5) is 40.5. The van der Waals surface area contributed by atoms with E-state index >= 15 is 0 Å². The van der Waals surface area contributed by atoms with E-state index in [2.05, 4.69) is 0 Å². The van der Waals surface area contributed by atoms with E-state index in [1.54, 1.807) is 0 Å². The number of fused-ring (bicyclic) bond motifs is 5. The molecule has 0 radical (unpaired) electrons. The Morgan fingerprint density at radius 1 is 0.952 bits per heavy atom. The molecule has 21 heavy (non-hydrogen) atoms. The van der Waals surface area contributed by atoms with Gasteiger partial charge >= 0.3 is 0 Å². The van der Waals surface area contributed by atoms with Crippen LogP contribution in [-0.4, -0.2) is 47.2 Å². The van der Waals surface area contributed by atoms with Gasteiger partial charge in [0.05, 0.1) is 11.8 Å². The first-order valence-electron chi connectivity index (χ1n) is 8.30. The minimum Gasteiger partial charge on any atom is -0.341 e. The molecule has 4 aliphatic rings. The van der Waals surface area contributed by atoms with E-state index in [1.807, 2.05) is 4.90 Å². The molecule has 5 heteroatoms. The van der Waals surface area contributed by atoms with Gasteiger partial charge in [0.15, 0.2) is 0 Å². The molecule has 4 atom stereocenters. The van der Waals surface area contributed by atoms with E-state index in [4.69, 9.17) is 0 Å². The van der Waals surface area contributed by atoms with Crippen molar-refractivity contribution in [1.29, 1.82) is 0 Å². The molecule has 0 N–H and O–H groups in total. The normalized spacial score (nSPS) is 38.3. The molecule has 0 aromatic rings. The number of carbonyl (C=O) groups excluding carboxylic acids is 3. The molecule has 3 amide bonds. The standard InChI is InChI=1S/C16H22N2O3/c19-12(17-6-2-1-3-7-17)9-18-15(20)13-10-4-5-11(8-10)14(13)16(18)21/h10-11,13-14H,1-9H2/t10-,11+,13-,14+. The van der Waals surface area contributed by atoms with Crippen LogP contribution in [-0.2, 0) is 14.4 Å². The predicted octanol–water partition coefficient (Wildman–Crippen LogP) is 1.03. The summed E-state index contributed by atoms with van der Waals surface area (Å²) < 4.78 is 0. The largest absolute Gasteiger partial charge is 0.341 e. The molecule has 0 aromatic heterocycles. The lowest BCUT2D eigenvalue weighted by molar-refractivity contribution is -0.147. The Hall–Kier alpha value is -1.39. The van der Waals surface area contributed by atoms with Crippen LogP contribution in [0, 0.1) is 23.7 Å². The maximum Gasteiger partial charge on any atom is 0.242 e. The molecular formula is C16H22N2O3. The van der Waals surface area contributed by atoms with Gasteiger partial charge in [0.1, 0.15) is 6.54 Å². The maximum atomic E-state index is 12.5. The third kappa shape index (κ3) is 1.93. The Morgan fingerprint density at radius 2 is 1.52 bits per heavy atom. The number of piperidine rings is 1.